The topological polar surface area (TPSA) is 40.2 Å². The number of hydrogen-bond acceptors (Lipinski definition) is 5. The first-order chi connectivity index (χ1) is 17.7. The lowest BCUT2D eigenvalue weighted by atomic mass is 9.79. The van der Waals surface area contributed by atoms with Crippen molar-refractivity contribution in [3.8, 4) is 28.7 Å². The second-order valence-electron chi connectivity index (χ2n) is 9.80. The number of hydrogen-bond donors (Lipinski definition) is 0. The molecule has 5 nitrogen and oxygen atoms in total. The lowest BCUT2D eigenvalue weighted by Gasteiger charge is -2.27. The molecule has 0 aromatic heterocycles. The van der Waals surface area contributed by atoms with Gasteiger partial charge in [-0.1, -0.05) is 18.6 Å². The van der Waals surface area contributed by atoms with E-state index in [9.17, 15) is 0 Å². The van der Waals surface area contributed by atoms with Crippen LogP contribution in [-0.2, 0) is 12.8 Å². The summed E-state index contributed by atoms with van der Waals surface area (Å²) in [6, 6.07) is 20.6. The maximum Gasteiger partial charge on any atom is 0.134 e. The lowest BCUT2D eigenvalue weighted by Crippen LogP contribution is -2.33. The normalized spacial score (nSPS) is 17.8. The van der Waals surface area contributed by atoms with Crippen LogP contribution in [0.4, 0.5) is 0 Å². The van der Waals surface area contributed by atoms with Gasteiger partial charge in [0.2, 0.25) is 0 Å². The number of likely N-dealkylation sites (tertiary alicyclic amines) is 1. The second-order valence-corrected chi connectivity index (χ2v) is 9.80. The summed E-state index contributed by atoms with van der Waals surface area (Å²) in [5, 5.41) is 0. The largest absolute Gasteiger partial charge is 0.497 e. The molecule has 0 N–H and O–H groups in total. The third-order valence-electron chi connectivity index (χ3n) is 7.49. The first kappa shape index (κ1) is 24.5. The quantitative estimate of drug-likeness (QED) is 0.339. The van der Waals surface area contributed by atoms with E-state index in [4.69, 9.17) is 18.9 Å². The zero-order valence-electron chi connectivity index (χ0n) is 21.5. The Bertz CT molecular complexity index is 1120. The van der Waals surface area contributed by atoms with Crippen molar-refractivity contribution in [3.05, 3.63) is 77.4 Å². The molecule has 1 atom stereocenters. The van der Waals surface area contributed by atoms with Crippen LogP contribution < -0.4 is 18.9 Å². The molecule has 3 aromatic rings. The molecule has 1 aliphatic carbocycles. The van der Waals surface area contributed by atoms with Gasteiger partial charge in [-0.3, -0.25) is 4.90 Å². The van der Waals surface area contributed by atoms with Crippen LogP contribution >= 0.6 is 0 Å². The Hall–Kier alpha value is -3.18. The van der Waals surface area contributed by atoms with Crippen molar-refractivity contribution < 1.29 is 18.9 Å². The third kappa shape index (κ3) is 5.96. The molecule has 0 spiro atoms. The smallest absolute Gasteiger partial charge is 0.134 e. The maximum atomic E-state index is 6.43. The summed E-state index contributed by atoms with van der Waals surface area (Å²) in [5.74, 6) is 4.75. The summed E-state index contributed by atoms with van der Waals surface area (Å²) in [6.45, 7) is 4.10. The molecule has 0 radical (unpaired) electrons. The monoisotopic (exact) mass is 487 g/mol. The van der Waals surface area contributed by atoms with Crippen molar-refractivity contribution >= 4 is 0 Å². The highest BCUT2D eigenvalue weighted by atomic mass is 16.5. The summed E-state index contributed by atoms with van der Waals surface area (Å²) < 4.78 is 23.4. The highest BCUT2D eigenvalue weighted by Gasteiger charge is 2.24. The predicted octanol–water partition coefficient (Wildman–Crippen LogP) is 6.63. The van der Waals surface area contributed by atoms with Crippen molar-refractivity contribution in [1.29, 1.82) is 0 Å². The molecule has 1 fully saturated rings. The van der Waals surface area contributed by atoms with Crippen molar-refractivity contribution in [1.82, 2.24) is 4.90 Å². The summed E-state index contributed by atoms with van der Waals surface area (Å²) in [4.78, 5) is 2.49. The maximum absolute atomic E-state index is 6.43. The molecule has 0 saturated carbocycles. The van der Waals surface area contributed by atoms with Gasteiger partial charge in [0.15, 0.2) is 0 Å². The summed E-state index contributed by atoms with van der Waals surface area (Å²) in [5.41, 5.74) is 3.92. The number of methoxy groups -OCH3 is 2. The molecule has 190 valence electrons. The van der Waals surface area contributed by atoms with Gasteiger partial charge in [-0.25, -0.2) is 0 Å². The van der Waals surface area contributed by atoms with Gasteiger partial charge in [0.1, 0.15) is 35.4 Å². The highest BCUT2D eigenvalue weighted by molar-refractivity contribution is 5.51. The predicted molar refractivity (Wildman–Crippen MR) is 143 cm³/mol. The van der Waals surface area contributed by atoms with Crippen LogP contribution in [0.15, 0.2) is 60.7 Å². The van der Waals surface area contributed by atoms with E-state index in [1.54, 1.807) is 14.2 Å². The van der Waals surface area contributed by atoms with Crippen LogP contribution in [-0.4, -0.2) is 45.4 Å². The number of benzene rings is 3. The molecule has 0 amide bonds. The first-order valence-electron chi connectivity index (χ1n) is 13.2. The van der Waals surface area contributed by atoms with E-state index in [1.807, 2.05) is 42.5 Å². The number of piperidine rings is 1. The molecule has 0 bridgehead atoms. The first-order valence-corrected chi connectivity index (χ1v) is 13.2. The Labute approximate surface area is 214 Å². The van der Waals surface area contributed by atoms with Crippen molar-refractivity contribution in [2.45, 2.75) is 44.4 Å². The molecule has 3 aromatic carbocycles. The molecule has 1 saturated heterocycles. The van der Waals surface area contributed by atoms with Crippen LogP contribution in [0.5, 0.6) is 28.7 Å². The SMILES string of the molecule is COc1ccc(C2CCc3cc(OC)cc(Oc4ccc(OCCN5CCCCC5)cc4)c3C2)cc1. The molecule has 1 aliphatic heterocycles. The van der Waals surface area contributed by atoms with E-state index >= 15 is 0 Å². The van der Waals surface area contributed by atoms with Crippen LogP contribution in [0.2, 0.25) is 0 Å². The van der Waals surface area contributed by atoms with Gasteiger partial charge in [0.25, 0.3) is 0 Å². The minimum Gasteiger partial charge on any atom is -0.497 e. The fourth-order valence-electron chi connectivity index (χ4n) is 5.38. The van der Waals surface area contributed by atoms with E-state index in [-0.39, 0.29) is 0 Å². The molecule has 2 aliphatic rings. The number of nitrogens with zero attached hydrogens (tertiary/aromatic N) is 1. The van der Waals surface area contributed by atoms with Crippen LogP contribution in [0, 0.1) is 0 Å². The van der Waals surface area contributed by atoms with Crippen molar-refractivity contribution in [2.24, 2.45) is 0 Å². The fraction of sp³-hybridized carbons (Fsp3) is 0.419. The Kier molecular flexibility index (Phi) is 7.97. The molecule has 1 unspecified atom stereocenters. The van der Waals surface area contributed by atoms with Gasteiger partial charge in [-0.05, 0) is 110 Å². The number of aryl methyl sites for hydroxylation is 1. The molecular formula is C31H37NO4. The Morgan fingerprint density at radius 1 is 0.778 bits per heavy atom. The zero-order valence-corrected chi connectivity index (χ0v) is 21.5. The van der Waals surface area contributed by atoms with Gasteiger partial charge < -0.3 is 18.9 Å². The highest BCUT2D eigenvalue weighted by Crippen LogP contribution is 2.41. The van der Waals surface area contributed by atoms with E-state index < -0.39 is 0 Å². The molecule has 36 heavy (non-hydrogen) atoms. The van der Waals surface area contributed by atoms with Gasteiger partial charge in [0, 0.05) is 12.6 Å². The summed E-state index contributed by atoms with van der Waals surface area (Å²) in [7, 11) is 3.42. The lowest BCUT2D eigenvalue weighted by molar-refractivity contribution is 0.183. The fourth-order valence-corrected chi connectivity index (χ4v) is 5.38. The number of ether oxygens (including phenoxy) is 4. The van der Waals surface area contributed by atoms with E-state index in [0.717, 1.165) is 61.2 Å². The Morgan fingerprint density at radius 3 is 2.19 bits per heavy atom. The van der Waals surface area contributed by atoms with E-state index in [1.165, 1.54) is 49.0 Å². The van der Waals surface area contributed by atoms with Gasteiger partial charge >= 0.3 is 0 Å². The Balaban J connectivity index is 1.26. The number of rotatable bonds is 9. The van der Waals surface area contributed by atoms with Gasteiger partial charge in [0.05, 0.1) is 14.2 Å². The molecular weight excluding hydrogens is 450 g/mol. The molecule has 5 rings (SSSR count). The average molecular weight is 488 g/mol. The van der Waals surface area contributed by atoms with Gasteiger partial charge in [-0.2, -0.15) is 0 Å². The second kappa shape index (κ2) is 11.7. The zero-order chi connectivity index (χ0) is 24.7. The van der Waals surface area contributed by atoms with Crippen molar-refractivity contribution in [3.63, 3.8) is 0 Å². The van der Waals surface area contributed by atoms with Crippen LogP contribution in [0.1, 0.15) is 48.3 Å². The minimum absolute atomic E-state index is 0.454. The van der Waals surface area contributed by atoms with Crippen LogP contribution in [0.25, 0.3) is 0 Å². The molecule has 1 heterocycles. The van der Waals surface area contributed by atoms with Gasteiger partial charge in [-0.15, -0.1) is 0 Å². The summed E-state index contributed by atoms with van der Waals surface area (Å²) >= 11 is 0. The summed E-state index contributed by atoms with van der Waals surface area (Å²) in [6.07, 6.45) is 7.02. The average Bonchev–Trinajstić information content (AvgIpc) is 2.94. The molecule has 5 heteroatoms. The van der Waals surface area contributed by atoms with E-state index in [2.05, 4.69) is 23.1 Å². The van der Waals surface area contributed by atoms with E-state index in [0.29, 0.717) is 5.92 Å². The van der Waals surface area contributed by atoms with Crippen molar-refractivity contribution in [2.75, 3.05) is 40.5 Å². The third-order valence-corrected chi connectivity index (χ3v) is 7.49. The Morgan fingerprint density at radius 2 is 1.47 bits per heavy atom. The number of fused-ring (bicyclic) bond motifs is 1. The van der Waals surface area contributed by atoms with Crippen LogP contribution in [0.3, 0.4) is 0 Å². The minimum atomic E-state index is 0.454. The standard InChI is InChI=1S/C31H37NO4/c1-33-26-10-8-23(9-11-26)24-6-7-25-20-29(34-2)22-31(30(25)21-24)36-28-14-12-27(13-15-28)35-19-18-32-16-4-3-5-17-32/h8-15,20,22,24H,3-7,16-19,21H2,1-2H3.